The molecule has 23 heavy (non-hydrogen) atoms. The van der Waals surface area contributed by atoms with Crippen LogP contribution in [0, 0.1) is 5.41 Å². The van der Waals surface area contributed by atoms with E-state index in [2.05, 4.69) is 15.6 Å². The zero-order valence-corrected chi connectivity index (χ0v) is 13.3. The van der Waals surface area contributed by atoms with Crippen molar-refractivity contribution < 1.29 is 9.53 Å². The highest BCUT2D eigenvalue weighted by molar-refractivity contribution is 6.02. The number of fused-ring (bicyclic) bond motifs is 1. The molecule has 0 aromatic carbocycles. The topological polar surface area (TPSA) is 92.0 Å². The Kier molecular flexibility index (Phi) is 4.18. The zero-order valence-electron chi connectivity index (χ0n) is 13.3. The van der Waals surface area contributed by atoms with Gasteiger partial charge in [-0.05, 0) is 26.3 Å². The van der Waals surface area contributed by atoms with Crippen molar-refractivity contribution in [3.05, 3.63) is 41.3 Å². The quantitative estimate of drug-likeness (QED) is 0.729. The number of hydrogen-bond acceptors (Lipinski definition) is 5. The van der Waals surface area contributed by atoms with Crippen LogP contribution in [0.3, 0.4) is 0 Å². The van der Waals surface area contributed by atoms with E-state index in [1.165, 1.54) is 0 Å². The Balaban J connectivity index is 1.69. The molecule has 1 atom stereocenters. The lowest BCUT2D eigenvalue weighted by molar-refractivity contribution is 0.0520. The normalized spacial score (nSPS) is 21.7. The van der Waals surface area contributed by atoms with E-state index < -0.39 is 0 Å². The summed E-state index contributed by atoms with van der Waals surface area (Å²) in [4.78, 5) is 16.2. The van der Waals surface area contributed by atoms with Crippen molar-refractivity contribution in [1.82, 2.24) is 20.2 Å². The average molecular weight is 315 g/mol. The molecule has 0 aliphatic carbocycles. The largest absolute Gasteiger partial charge is 0.461 e. The number of hydrogen-bond donors (Lipinski definition) is 3. The highest BCUT2D eigenvalue weighted by Gasteiger charge is 2.24. The van der Waals surface area contributed by atoms with Crippen molar-refractivity contribution in [2.75, 3.05) is 6.61 Å². The van der Waals surface area contributed by atoms with Gasteiger partial charge < -0.3 is 19.9 Å². The zero-order chi connectivity index (χ0) is 16.4. The van der Waals surface area contributed by atoms with Crippen LogP contribution in [-0.4, -0.2) is 34.0 Å². The molecule has 3 rings (SSSR count). The summed E-state index contributed by atoms with van der Waals surface area (Å²) < 4.78 is 7.02. The van der Waals surface area contributed by atoms with E-state index in [9.17, 15) is 4.79 Å². The molecule has 1 aromatic rings. The van der Waals surface area contributed by atoms with Gasteiger partial charge in [-0.1, -0.05) is 0 Å². The first-order chi connectivity index (χ1) is 11.1. The van der Waals surface area contributed by atoms with E-state index in [1.54, 1.807) is 19.3 Å². The lowest BCUT2D eigenvalue weighted by atomic mass is 10.1. The molecule has 0 saturated carbocycles. The second-order valence-corrected chi connectivity index (χ2v) is 5.68. The molecule has 3 heterocycles. The number of amidine groups is 1. The minimum Gasteiger partial charge on any atom is -0.461 e. The third-order valence-corrected chi connectivity index (χ3v) is 4.06. The smallest absolute Gasteiger partial charge is 0.358 e. The predicted molar refractivity (Wildman–Crippen MR) is 86.1 cm³/mol. The van der Waals surface area contributed by atoms with Gasteiger partial charge in [-0.2, -0.15) is 0 Å². The van der Waals surface area contributed by atoms with Crippen LogP contribution in [0.5, 0.6) is 0 Å². The summed E-state index contributed by atoms with van der Waals surface area (Å²) in [6.45, 7) is 4.93. The van der Waals surface area contributed by atoms with Gasteiger partial charge >= 0.3 is 5.97 Å². The van der Waals surface area contributed by atoms with Gasteiger partial charge in [-0.15, -0.1) is 0 Å². The van der Waals surface area contributed by atoms with Crippen LogP contribution in [0.15, 0.2) is 29.7 Å². The molecule has 2 aliphatic heterocycles. The van der Waals surface area contributed by atoms with E-state index >= 15 is 0 Å². The summed E-state index contributed by atoms with van der Waals surface area (Å²) in [5.41, 5.74) is 2.24. The number of rotatable bonds is 4. The van der Waals surface area contributed by atoms with Gasteiger partial charge in [0.1, 0.15) is 11.7 Å². The SMILES string of the molecule is CCOC(=O)c1cn2c(n1)CC(N/C(C)=C1\C=CNC1=N)CC2. The number of carbonyl (C=O) groups is 1. The molecule has 7 heteroatoms. The van der Waals surface area contributed by atoms with Crippen LogP contribution < -0.4 is 10.6 Å². The first-order valence-corrected chi connectivity index (χ1v) is 7.81. The maximum atomic E-state index is 11.8. The standard InChI is InChI=1S/C16H21N5O2/c1-3-23-16(22)13-9-21-7-5-11(8-14(21)20-13)19-10(2)12-4-6-18-15(12)17/h4,6,9,11,19H,3,5,7-8H2,1-2H3,(H2,17,18)/b12-10+. The number of ether oxygens (including phenoxy) is 1. The molecule has 0 radical (unpaired) electrons. The highest BCUT2D eigenvalue weighted by Crippen LogP contribution is 2.18. The Morgan fingerprint density at radius 3 is 3.13 bits per heavy atom. The summed E-state index contributed by atoms with van der Waals surface area (Å²) in [6.07, 6.45) is 7.12. The van der Waals surface area contributed by atoms with E-state index in [0.717, 1.165) is 36.5 Å². The second kappa shape index (κ2) is 6.28. The minimum absolute atomic E-state index is 0.245. The molecular weight excluding hydrogens is 294 g/mol. The van der Waals surface area contributed by atoms with Crippen LogP contribution in [0.25, 0.3) is 0 Å². The number of imidazole rings is 1. The first-order valence-electron chi connectivity index (χ1n) is 7.81. The maximum absolute atomic E-state index is 11.8. The van der Waals surface area contributed by atoms with E-state index in [4.69, 9.17) is 10.1 Å². The molecule has 1 aromatic heterocycles. The molecule has 7 nitrogen and oxygen atoms in total. The number of carbonyl (C=O) groups excluding carboxylic acids is 1. The number of nitrogens with one attached hydrogen (secondary N) is 3. The molecule has 0 bridgehead atoms. The van der Waals surface area contributed by atoms with E-state index in [-0.39, 0.29) is 12.0 Å². The molecular formula is C16H21N5O2. The van der Waals surface area contributed by atoms with Gasteiger partial charge in [-0.3, -0.25) is 5.41 Å². The summed E-state index contributed by atoms with van der Waals surface area (Å²) in [7, 11) is 0. The monoisotopic (exact) mass is 315 g/mol. The van der Waals surface area contributed by atoms with Gasteiger partial charge in [0.25, 0.3) is 0 Å². The maximum Gasteiger partial charge on any atom is 0.358 e. The first kappa shape index (κ1) is 15.3. The summed E-state index contributed by atoms with van der Waals surface area (Å²) in [6, 6.07) is 0.245. The molecule has 0 saturated heterocycles. The Morgan fingerprint density at radius 1 is 1.61 bits per heavy atom. The Labute approximate surface area is 134 Å². The van der Waals surface area contributed by atoms with Crippen LogP contribution in [0.1, 0.15) is 36.6 Å². The molecule has 3 N–H and O–H groups in total. The van der Waals surface area contributed by atoms with Crippen molar-refractivity contribution in [2.45, 2.75) is 39.3 Å². The van der Waals surface area contributed by atoms with Crippen molar-refractivity contribution in [3.63, 3.8) is 0 Å². The fourth-order valence-electron chi connectivity index (χ4n) is 2.92. The van der Waals surface area contributed by atoms with Gasteiger partial charge in [0.2, 0.25) is 0 Å². The van der Waals surface area contributed by atoms with Crippen molar-refractivity contribution >= 4 is 11.8 Å². The predicted octanol–water partition coefficient (Wildman–Crippen LogP) is 1.33. The van der Waals surface area contributed by atoms with Crippen molar-refractivity contribution in [1.29, 1.82) is 5.41 Å². The number of aryl methyl sites for hydroxylation is 1. The summed E-state index contributed by atoms with van der Waals surface area (Å²) >= 11 is 0. The fourth-order valence-corrected chi connectivity index (χ4v) is 2.92. The van der Waals surface area contributed by atoms with Gasteiger partial charge in [-0.25, -0.2) is 9.78 Å². The van der Waals surface area contributed by atoms with Gasteiger partial charge in [0, 0.05) is 42.7 Å². The van der Waals surface area contributed by atoms with Crippen LogP contribution in [-0.2, 0) is 17.7 Å². The summed E-state index contributed by atoms with van der Waals surface area (Å²) in [5.74, 6) is 0.939. The third-order valence-electron chi connectivity index (χ3n) is 4.06. The summed E-state index contributed by atoms with van der Waals surface area (Å²) in [5, 5.41) is 14.2. The number of aromatic nitrogens is 2. The van der Waals surface area contributed by atoms with Crippen LogP contribution >= 0.6 is 0 Å². The Hall–Kier alpha value is -2.57. The number of nitrogens with zero attached hydrogens (tertiary/aromatic N) is 2. The molecule has 1 unspecified atom stereocenters. The minimum atomic E-state index is -0.368. The molecule has 0 spiro atoms. The number of esters is 1. The molecule has 0 amide bonds. The third kappa shape index (κ3) is 3.13. The lowest BCUT2D eigenvalue weighted by Crippen LogP contribution is -2.36. The Morgan fingerprint density at radius 2 is 2.43 bits per heavy atom. The number of allylic oxidation sites excluding steroid dienone is 1. The van der Waals surface area contributed by atoms with Crippen molar-refractivity contribution in [3.8, 4) is 0 Å². The highest BCUT2D eigenvalue weighted by atomic mass is 16.5. The van der Waals surface area contributed by atoms with Gasteiger partial charge in [0.05, 0.1) is 6.61 Å². The van der Waals surface area contributed by atoms with Gasteiger partial charge in [0.15, 0.2) is 5.69 Å². The van der Waals surface area contributed by atoms with Crippen LogP contribution in [0.4, 0.5) is 0 Å². The van der Waals surface area contributed by atoms with Crippen molar-refractivity contribution in [2.24, 2.45) is 0 Å². The fraction of sp³-hybridized carbons (Fsp3) is 0.438. The molecule has 0 fully saturated rings. The van der Waals surface area contributed by atoms with E-state index in [0.29, 0.717) is 18.1 Å². The van der Waals surface area contributed by atoms with E-state index in [1.807, 2.05) is 17.6 Å². The Bertz CT molecular complexity index is 701. The average Bonchev–Trinajstić information content (AvgIpc) is 3.13. The lowest BCUT2D eigenvalue weighted by Gasteiger charge is -2.26. The molecule has 122 valence electrons. The second-order valence-electron chi connectivity index (χ2n) is 5.68. The van der Waals surface area contributed by atoms with Crippen LogP contribution in [0.2, 0.25) is 0 Å². The molecule has 2 aliphatic rings.